The summed E-state index contributed by atoms with van der Waals surface area (Å²) in [6.45, 7) is 0. The molecule has 0 atom stereocenters. The Balaban J connectivity index is 1.03. The molecule has 0 amide bonds. The standard InChI is InChI=1S/C58H37N3S/c1-4-15-38(16-5-1)40-27-29-41(30-28-40)55-59-56(43-20-14-19-42(35-43)39-17-6-2-7-18-39)61-57(60-55)44-31-33-53-49(36-44)50-37-46(32-34-54(50)62-53)58(45-21-8-3-9-22-45)51-25-12-10-23-47(51)48-24-11-13-26-52(48)58/h1-37H. The fraction of sp³-hybridized carbons (Fsp3) is 0.0172. The van der Waals surface area contributed by atoms with Crippen molar-refractivity contribution < 1.29 is 0 Å². The molecule has 0 bridgehead atoms. The van der Waals surface area contributed by atoms with Gasteiger partial charge in [0.25, 0.3) is 0 Å². The second kappa shape index (κ2) is 14.7. The van der Waals surface area contributed by atoms with Crippen LogP contribution in [-0.2, 0) is 5.41 Å². The van der Waals surface area contributed by atoms with Crippen LogP contribution in [0.25, 0.3) is 87.7 Å². The summed E-state index contributed by atoms with van der Waals surface area (Å²) >= 11 is 1.83. The molecule has 12 rings (SSSR count). The average Bonchev–Trinajstić information content (AvgIpc) is 3.88. The van der Waals surface area contributed by atoms with Gasteiger partial charge in [-0.3, -0.25) is 0 Å². The molecule has 0 radical (unpaired) electrons. The first-order valence-electron chi connectivity index (χ1n) is 21.0. The zero-order valence-corrected chi connectivity index (χ0v) is 34.4. The van der Waals surface area contributed by atoms with Gasteiger partial charge in [0.15, 0.2) is 17.5 Å². The zero-order valence-electron chi connectivity index (χ0n) is 33.6. The predicted molar refractivity (Wildman–Crippen MR) is 257 cm³/mol. The average molecular weight is 808 g/mol. The highest BCUT2D eigenvalue weighted by Gasteiger charge is 2.46. The predicted octanol–water partition coefficient (Wildman–Crippen LogP) is 14.9. The highest BCUT2D eigenvalue weighted by atomic mass is 32.1. The van der Waals surface area contributed by atoms with Gasteiger partial charge < -0.3 is 0 Å². The summed E-state index contributed by atoms with van der Waals surface area (Å²) in [6.07, 6.45) is 0. The number of benzene rings is 9. The molecule has 2 heterocycles. The summed E-state index contributed by atoms with van der Waals surface area (Å²) < 4.78 is 2.47. The zero-order chi connectivity index (χ0) is 41.0. The number of thiophene rings is 1. The van der Waals surface area contributed by atoms with Crippen molar-refractivity contribution in [1.29, 1.82) is 0 Å². The van der Waals surface area contributed by atoms with E-state index in [2.05, 4.69) is 212 Å². The molecule has 3 nitrogen and oxygen atoms in total. The van der Waals surface area contributed by atoms with E-state index in [-0.39, 0.29) is 0 Å². The van der Waals surface area contributed by atoms with Crippen molar-refractivity contribution in [2.45, 2.75) is 5.41 Å². The van der Waals surface area contributed by atoms with Crippen molar-refractivity contribution in [3.05, 3.63) is 247 Å². The van der Waals surface area contributed by atoms with Gasteiger partial charge in [-0.25, -0.2) is 15.0 Å². The van der Waals surface area contributed by atoms with E-state index < -0.39 is 5.41 Å². The highest BCUT2D eigenvalue weighted by molar-refractivity contribution is 7.25. The Morgan fingerprint density at radius 2 is 0.726 bits per heavy atom. The SMILES string of the molecule is c1ccc(-c2ccc(-c3nc(-c4cccc(-c5ccccc5)c4)nc(-c4ccc5sc6ccc(C7(c8ccccc8)c8ccccc8-c8ccccc87)cc6c5c4)n3)cc2)cc1. The van der Waals surface area contributed by atoms with Crippen LogP contribution in [0.5, 0.6) is 0 Å². The van der Waals surface area contributed by atoms with E-state index in [1.165, 1.54) is 59.1 Å². The van der Waals surface area contributed by atoms with Crippen LogP contribution < -0.4 is 0 Å². The first-order chi connectivity index (χ1) is 30.7. The Morgan fingerprint density at radius 3 is 1.37 bits per heavy atom. The van der Waals surface area contributed by atoms with Crippen LogP contribution in [0.2, 0.25) is 0 Å². The number of fused-ring (bicyclic) bond motifs is 6. The summed E-state index contributed by atoms with van der Waals surface area (Å²) in [5.41, 5.74) is 14.6. The van der Waals surface area contributed by atoms with Crippen LogP contribution in [-0.4, -0.2) is 15.0 Å². The van der Waals surface area contributed by atoms with Gasteiger partial charge in [0.2, 0.25) is 0 Å². The lowest BCUT2D eigenvalue weighted by Crippen LogP contribution is -2.28. The normalized spacial score (nSPS) is 12.6. The van der Waals surface area contributed by atoms with E-state index in [9.17, 15) is 0 Å². The Morgan fingerprint density at radius 1 is 0.290 bits per heavy atom. The van der Waals surface area contributed by atoms with Crippen molar-refractivity contribution in [2.75, 3.05) is 0 Å². The molecule has 1 aliphatic rings. The van der Waals surface area contributed by atoms with E-state index in [0.29, 0.717) is 17.5 Å². The third-order valence-electron chi connectivity index (χ3n) is 12.4. The Kier molecular flexibility index (Phi) is 8.58. The number of aromatic nitrogens is 3. The van der Waals surface area contributed by atoms with E-state index >= 15 is 0 Å². The number of hydrogen-bond donors (Lipinski definition) is 0. The van der Waals surface area contributed by atoms with Gasteiger partial charge in [-0.05, 0) is 92.0 Å². The molecule has 0 aliphatic heterocycles. The van der Waals surface area contributed by atoms with E-state index in [0.717, 1.165) is 33.4 Å². The molecule has 4 heteroatoms. The first kappa shape index (κ1) is 36.1. The van der Waals surface area contributed by atoms with Gasteiger partial charge in [0.05, 0.1) is 5.41 Å². The fourth-order valence-corrected chi connectivity index (χ4v) is 10.6. The lowest BCUT2D eigenvalue weighted by Gasteiger charge is -2.34. The smallest absolute Gasteiger partial charge is 0.164 e. The van der Waals surface area contributed by atoms with E-state index in [1.54, 1.807) is 0 Å². The molecular weight excluding hydrogens is 771 g/mol. The molecule has 62 heavy (non-hydrogen) atoms. The third kappa shape index (κ3) is 5.91. The summed E-state index contributed by atoms with van der Waals surface area (Å²) in [6, 6.07) is 80.6. The number of nitrogens with zero attached hydrogens (tertiary/aromatic N) is 3. The molecule has 0 spiro atoms. The second-order valence-electron chi connectivity index (χ2n) is 15.9. The van der Waals surface area contributed by atoms with E-state index in [4.69, 9.17) is 15.0 Å². The number of rotatable bonds is 7. The minimum atomic E-state index is -0.475. The third-order valence-corrected chi connectivity index (χ3v) is 13.6. The minimum absolute atomic E-state index is 0.475. The van der Waals surface area contributed by atoms with Crippen LogP contribution in [0.15, 0.2) is 224 Å². The van der Waals surface area contributed by atoms with Gasteiger partial charge >= 0.3 is 0 Å². The van der Waals surface area contributed by atoms with Crippen LogP contribution in [0, 0.1) is 0 Å². The lowest BCUT2D eigenvalue weighted by molar-refractivity contribution is 0.770. The quantitative estimate of drug-likeness (QED) is 0.161. The first-order valence-corrected chi connectivity index (χ1v) is 21.8. The van der Waals surface area contributed by atoms with Crippen molar-refractivity contribution in [1.82, 2.24) is 15.0 Å². The van der Waals surface area contributed by atoms with Crippen LogP contribution in [0.3, 0.4) is 0 Å². The van der Waals surface area contributed by atoms with E-state index in [1.807, 2.05) is 23.5 Å². The summed E-state index contributed by atoms with van der Waals surface area (Å²) in [4.78, 5) is 15.6. The van der Waals surface area contributed by atoms with Crippen molar-refractivity contribution in [2.24, 2.45) is 0 Å². The van der Waals surface area contributed by atoms with Crippen molar-refractivity contribution in [3.8, 4) is 67.5 Å². The summed E-state index contributed by atoms with van der Waals surface area (Å²) in [5, 5.41) is 2.41. The molecule has 290 valence electrons. The van der Waals surface area contributed by atoms with Crippen molar-refractivity contribution in [3.63, 3.8) is 0 Å². The fourth-order valence-electron chi connectivity index (χ4n) is 9.54. The Hall–Kier alpha value is -7.79. The van der Waals surface area contributed by atoms with Crippen LogP contribution >= 0.6 is 11.3 Å². The van der Waals surface area contributed by atoms with Gasteiger partial charge in [0, 0.05) is 36.9 Å². The molecule has 11 aromatic rings. The van der Waals surface area contributed by atoms with Gasteiger partial charge in [0.1, 0.15) is 0 Å². The number of hydrogen-bond acceptors (Lipinski definition) is 4. The van der Waals surface area contributed by atoms with Crippen LogP contribution in [0.1, 0.15) is 22.3 Å². The Labute approximate surface area is 364 Å². The molecule has 0 saturated heterocycles. The monoisotopic (exact) mass is 807 g/mol. The van der Waals surface area contributed by atoms with Gasteiger partial charge in [-0.2, -0.15) is 0 Å². The molecule has 2 aromatic heterocycles. The molecular formula is C58H37N3S. The highest BCUT2D eigenvalue weighted by Crippen LogP contribution is 2.56. The maximum Gasteiger partial charge on any atom is 0.164 e. The molecule has 9 aromatic carbocycles. The van der Waals surface area contributed by atoms with Crippen LogP contribution in [0.4, 0.5) is 0 Å². The van der Waals surface area contributed by atoms with Gasteiger partial charge in [-0.15, -0.1) is 11.3 Å². The second-order valence-corrected chi connectivity index (χ2v) is 17.0. The molecule has 0 N–H and O–H groups in total. The topological polar surface area (TPSA) is 38.7 Å². The molecule has 0 saturated carbocycles. The summed E-state index contributed by atoms with van der Waals surface area (Å²) in [7, 11) is 0. The molecule has 0 unspecified atom stereocenters. The summed E-state index contributed by atoms with van der Waals surface area (Å²) in [5.74, 6) is 1.91. The minimum Gasteiger partial charge on any atom is -0.208 e. The maximum absolute atomic E-state index is 5.23. The molecule has 1 aliphatic carbocycles. The largest absolute Gasteiger partial charge is 0.208 e. The van der Waals surface area contributed by atoms with Crippen molar-refractivity contribution >= 4 is 31.5 Å². The lowest BCUT2D eigenvalue weighted by atomic mass is 9.67. The molecule has 0 fully saturated rings. The Bertz CT molecular complexity index is 3400. The maximum atomic E-state index is 5.23. The van der Waals surface area contributed by atoms with Gasteiger partial charge in [-0.1, -0.05) is 188 Å².